The van der Waals surface area contributed by atoms with Crippen LogP contribution >= 0.6 is 7.82 Å². The number of aliphatic hydroxyl groups excluding tert-OH is 1. The first kappa shape index (κ1) is 21.3. The van der Waals surface area contributed by atoms with Crippen molar-refractivity contribution in [1.29, 1.82) is 0 Å². The van der Waals surface area contributed by atoms with E-state index < -0.39 is 13.9 Å². The summed E-state index contributed by atoms with van der Waals surface area (Å²) in [4.78, 5) is 24.0. The van der Waals surface area contributed by atoms with Crippen LogP contribution in [0.1, 0.15) is 17.5 Å². The highest BCUT2D eigenvalue weighted by Crippen LogP contribution is 2.62. The summed E-state index contributed by atoms with van der Waals surface area (Å²) in [6.07, 6.45) is 5.54. The highest BCUT2D eigenvalue weighted by molar-refractivity contribution is 7.45. The predicted octanol–water partition coefficient (Wildman–Crippen LogP) is -0.252. The van der Waals surface area contributed by atoms with Crippen LogP contribution in [0.15, 0.2) is 24.3 Å². The molecule has 6 N–H and O–H groups in total. The Hall–Kier alpha value is -1.45. The van der Waals surface area contributed by atoms with Gasteiger partial charge in [0, 0.05) is 22.9 Å². The fourth-order valence-corrected chi connectivity index (χ4v) is 5.39. The van der Waals surface area contributed by atoms with Crippen molar-refractivity contribution >= 4 is 7.82 Å². The zero-order chi connectivity index (χ0) is 19.6. The minimum absolute atomic E-state index is 0. The van der Waals surface area contributed by atoms with E-state index in [4.69, 9.17) is 28.7 Å². The molecule has 5 rings (SSSR count). The van der Waals surface area contributed by atoms with Crippen molar-refractivity contribution in [3.05, 3.63) is 35.4 Å². The monoisotopic (exact) mass is 415 g/mol. The van der Waals surface area contributed by atoms with Crippen molar-refractivity contribution in [2.75, 3.05) is 20.7 Å². The van der Waals surface area contributed by atoms with E-state index in [9.17, 15) is 5.11 Å². The Morgan fingerprint density at radius 1 is 1.29 bits per heavy atom. The fourth-order valence-electron chi connectivity index (χ4n) is 5.39. The van der Waals surface area contributed by atoms with Gasteiger partial charge in [0.2, 0.25) is 0 Å². The van der Waals surface area contributed by atoms with Crippen LogP contribution < -0.4 is 9.47 Å². The van der Waals surface area contributed by atoms with E-state index in [-0.39, 0.29) is 17.0 Å². The Balaban J connectivity index is 0.000000338. The first-order valence-corrected chi connectivity index (χ1v) is 10.4. The first-order valence-electron chi connectivity index (χ1n) is 8.88. The molecule has 1 saturated heterocycles. The molecule has 2 heterocycles. The molecule has 5 atom stereocenters. The number of rotatable bonds is 1. The standard InChI is InChI=1S/C18H21NO3.H3O4P.H2O/c1-19-8-7-18-11-4-5-13(20)17(18)22-16-14(21-2)6-3-10(15(16)18)9-12(11)19;1-5(2,3)4;/h3-6,11-13,17,20H,7-9H2,1-2H3;(H3,1,2,3,4);1H2/t11-,12?,13-,17-,18?;;/m0../s1. The summed E-state index contributed by atoms with van der Waals surface area (Å²) in [6.45, 7) is 1.05. The molecule has 10 heteroatoms. The van der Waals surface area contributed by atoms with Crippen molar-refractivity contribution in [1.82, 2.24) is 4.90 Å². The maximum absolute atomic E-state index is 10.6. The average molecular weight is 415 g/mol. The average Bonchev–Trinajstić information content (AvgIpc) is 2.93. The Morgan fingerprint density at radius 3 is 2.61 bits per heavy atom. The topological polar surface area (TPSA) is 151 Å². The van der Waals surface area contributed by atoms with E-state index in [1.54, 1.807) is 7.11 Å². The van der Waals surface area contributed by atoms with Gasteiger partial charge in [-0.15, -0.1) is 0 Å². The highest BCUT2D eigenvalue weighted by atomic mass is 31.2. The number of methoxy groups -OCH3 is 1. The molecular weight excluding hydrogens is 389 g/mol. The number of likely N-dealkylation sites (tertiary alicyclic amines) is 1. The molecule has 2 unspecified atom stereocenters. The number of likely N-dealkylation sites (N-methyl/N-ethyl adjacent to an activating group) is 1. The maximum Gasteiger partial charge on any atom is 0.466 e. The lowest BCUT2D eigenvalue weighted by molar-refractivity contribution is -0.0453. The Bertz CT molecular complexity index is 831. The summed E-state index contributed by atoms with van der Waals surface area (Å²) < 4.78 is 20.7. The quantitative estimate of drug-likeness (QED) is 0.362. The van der Waals surface area contributed by atoms with Crippen LogP contribution in [0.25, 0.3) is 0 Å². The van der Waals surface area contributed by atoms with Crippen LogP contribution in [-0.2, 0) is 16.4 Å². The van der Waals surface area contributed by atoms with Crippen molar-refractivity contribution in [2.24, 2.45) is 5.92 Å². The first-order chi connectivity index (χ1) is 12.7. The Morgan fingerprint density at radius 2 is 1.96 bits per heavy atom. The minimum Gasteiger partial charge on any atom is -0.493 e. The number of hydrogen-bond donors (Lipinski definition) is 4. The van der Waals surface area contributed by atoms with Gasteiger partial charge >= 0.3 is 7.82 Å². The smallest absolute Gasteiger partial charge is 0.466 e. The van der Waals surface area contributed by atoms with Gasteiger partial charge in [0.15, 0.2) is 11.5 Å². The molecule has 2 aliphatic carbocycles. The van der Waals surface area contributed by atoms with Crippen molar-refractivity contribution in [3.8, 4) is 11.5 Å². The molecule has 0 radical (unpaired) electrons. The SMILES string of the molecule is COc1ccc2c3c1O[C@H]1[C@@H](O)C=C[C@H]4C(C2)N(C)CCC341.O.O=P(O)(O)O. The van der Waals surface area contributed by atoms with E-state index >= 15 is 0 Å². The van der Waals surface area contributed by atoms with Gasteiger partial charge in [-0.3, -0.25) is 0 Å². The van der Waals surface area contributed by atoms with Gasteiger partial charge in [-0.05, 0) is 38.1 Å². The van der Waals surface area contributed by atoms with Crippen LogP contribution in [0.5, 0.6) is 11.5 Å². The number of nitrogens with zero attached hydrogens (tertiary/aromatic N) is 1. The summed E-state index contributed by atoms with van der Waals surface area (Å²) in [7, 11) is -0.732. The molecule has 28 heavy (non-hydrogen) atoms. The molecule has 2 aliphatic heterocycles. The number of benzene rings is 1. The second-order valence-corrected chi connectivity index (χ2v) is 8.65. The molecule has 1 spiro atoms. The third-order valence-corrected chi connectivity index (χ3v) is 6.35. The van der Waals surface area contributed by atoms with Crippen LogP contribution in [0, 0.1) is 5.92 Å². The lowest BCUT2D eigenvalue weighted by Gasteiger charge is -2.56. The Labute approximate surface area is 162 Å². The van der Waals surface area contributed by atoms with Gasteiger partial charge in [-0.25, -0.2) is 4.57 Å². The van der Waals surface area contributed by atoms with Crippen LogP contribution in [0.2, 0.25) is 0 Å². The van der Waals surface area contributed by atoms with E-state index in [0.717, 1.165) is 30.9 Å². The van der Waals surface area contributed by atoms with Crippen LogP contribution in [0.3, 0.4) is 0 Å². The van der Waals surface area contributed by atoms with Crippen molar-refractivity contribution in [2.45, 2.75) is 36.5 Å². The zero-order valence-electron chi connectivity index (χ0n) is 15.6. The van der Waals surface area contributed by atoms with Gasteiger partial charge in [0.05, 0.1) is 7.11 Å². The molecule has 4 aliphatic rings. The number of phosphoric acid groups is 1. The molecule has 156 valence electrons. The third kappa shape index (κ3) is 3.07. The largest absolute Gasteiger partial charge is 0.493 e. The van der Waals surface area contributed by atoms with E-state index in [0.29, 0.717) is 12.0 Å². The minimum atomic E-state index is -4.64. The lowest BCUT2D eigenvalue weighted by atomic mass is 9.53. The summed E-state index contributed by atoms with van der Waals surface area (Å²) >= 11 is 0. The molecule has 0 amide bonds. The molecule has 2 bridgehead atoms. The van der Waals surface area contributed by atoms with Crippen LogP contribution in [-0.4, -0.2) is 69.1 Å². The predicted molar refractivity (Wildman–Crippen MR) is 100 cm³/mol. The molecule has 1 aromatic carbocycles. The Kier molecular flexibility index (Phi) is 5.40. The summed E-state index contributed by atoms with van der Waals surface area (Å²) in [5.41, 5.74) is 2.60. The van der Waals surface area contributed by atoms with Crippen LogP contribution in [0.4, 0.5) is 0 Å². The third-order valence-electron chi connectivity index (χ3n) is 6.35. The van der Waals surface area contributed by atoms with E-state index in [1.807, 2.05) is 12.1 Å². The highest BCUT2D eigenvalue weighted by Gasteiger charge is 2.64. The van der Waals surface area contributed by atoms with Gasteiger partial charge < -0.3 is 39.6 Å². The second-order valence-electron chi connectivity index (χ2n) is 7.63. The van der Waals surface area contributed by atoms with E-state index in [1.165, 1.54) is 11.1 Å². The van der Waals surface area contributed by atoms with Crippen molar-refractivity contribution < 1.29 is 39.3 Å². The second kappa shape index (κ2) is 7.11. The number of aliphatic hydroxyl groups is 1. The van der Waals surface area contributed by atoms with Gasteiger partial charge in [-0.2, -0.15) is 0 Å². The molecule has 1 aromatic rings. The fraction of sp³-hybridized carbons (Fsp3) is 0.556. The van der Waals surface area contributed by atoms with Gasteiger partial charge in [-0.1, -0.05) is 18.2 Å². The molecular formula is C18H26NO8P. The summed E-state index contributed by atoms with van der Waals surface area (Å²) in [5, 5.41) is 10.6. The van der Waals surface area contributed by atoms with Gasteiger partial charge in [0.25, 0.3) is 0 Å². The van der Waals surface area contributed by atoms with E-state index in [2.05, 4.69) is 24.1 Å². The van der Waals surface area contributed by atoms with Gasteiger partial charge in [0.1, 0.15) is 12.2 Å². The van der Waals surface area contributed by atoms with Crippen molar-refractivity contribution in [3.63, 3.8) is 0 Å². The summed E-state index contributed by atoms with van der Waals surface area (Å²) in [5.74, 6) is 2.09. The summed E-state index contributed by atoms with van der Waals surface area (Å²) in [6, 6.07) is 4.70. The molecule has 0 saturated carbocycles. The number of hydrogen-bond acceptors (Lipinski definition) is 5. The number of ether oxygens (including phenoxy) is 2. The lowest BCUT2D eigenvalue weighted by Crippen LogP contribution is -2.64. The normalized spacial score (nSPS) is 34.4. The zero-order valence-corrected chi connectivity index (χ0v) is 16.5. The molecule has 9 nitrogen and oxygen atoms in total. The maximum atomic E-state index is 10.6. The molecule has 0 aromatic heterocycles. The molecule has 1 fully saturated rings. The number of piperidine rings is 1.